The van der Waals surface area contributed by atoms with Crippen molar-refractivity contribution in [2.45, 2.75) is 77.3 Å². The Morgan fingerprint density at radius 1 is 1.13 bits per heavy atom. The number of amides is 1. The average Bonchev–Trinajstić information content (AvgIpc) is 3.26. The van der Waals surface area contributed by atoms with Crippen LogP contribution in [0.5, 0.6) is 0 Å². The Kier molecular flexibility index (Phi) is 8.12. The van der Waals surface area contributed by atoms with Crippen LogP contribution in [0.1, 0.15) is 81.2 Å². The number of rotatable bonds is 8. The topological polar surface area (TPSA) is 155 Å². The van der Waals surface area contributed by atoms with Gasteiger partial charge >= 0.3 is 6.09 Å². The summed E-state index contributed by atoms with van der Waals surface area (Å²) in [5.74, 6) is 4.08. The number of nitrogens with one attached hydrogen (secondary N) is 3. The first-order valence-electron chi connectivity index (χ1n) is 14.1. The molecule has 0 spiro atoms. The van der Waals surface area contributed by atoms with E-state index in [1.54, 1.807) is 0 Å². The van der Waals surface area contributed by atoms with Crippen molar-refractivity contribution in [3.05, 3.63) is 11.6 Å². The Morgan fingerprint density at radius 3 is 2.46 bits per heavy atom. The van der Waals surface area contributed by atoms with Gasteiger partial charge in [-0.15, -0.1) is 12.3 Å². The zero-order valence-electron chi connectivity index (χ0n) is 22.4. The molecule has 0 bridgehead atoms. The second-order valence-electron chi connectivity index (χ2n) is 11.2. The number of terminal acetylenes is 1. The molecule has 0 radical (unpaired) electrons. The number of anilines is 1. The van der Waals surface area contributed by atoms with Gasteiger partial charge in [0.2, 0.25) is 5.78 Å². The number of aromatic nitrogens is 4. The lowest BCUT2D eigenvalue weighted by Crippen LogP contribution is -2.33. The molecule has 11 nitrogen and oxygen atoms in total. The van der Waals surface area contributed by atoms with Crippen LogP contribution in [0.15, 0.2) is 0 Å². The lowest BCUT2D eigenvalue weighted by Gasteiger charge is -2.32. The summed E-state index contributed by atoms with van der Waals surface area (Å²) in [4.78, 5) is 38.9. The van der Waals surface area contributed by atoms with Gasteiger partial charge in [0, 0.05) is 37.6 Å². The molecule has 1 aliphatic heterocycles. The molecule has 4 N–H and O–H groups in total. The standard InChI is InChI=1S/C28H37N7O4/c1-3-17-7-9-18(10-8-17)15-35-21-24(30-16(2)19-5-4-6-19)32-26(23(29)31-28(37)38)33-25(21)34-27(35)22(36)20-11-13-39-14-12-20/h1,16-20H,4-15H2,2H3,(H2,29,31)(H,37,38)(H,30,32,33)/t16-,17-,18-/m1/s1. The number of imidazole rings is 1. The Hall–Kier alpha value is -3.52. The fraction of sp³-hybridized carbons (Fsp3) is 0.643. The third-order valence-electron chi connectivity index (χ3n) is 8.62. The van der Waals surface area contributed by atoms with E-state index >= 15 is 0 Å². The molecule has 2 saturated carbocycles. The summed E-state index contributed by atoms with van der Waals surface area (Å²) in [5.41, 5.74) is 0.912. The molecule has 2 aromatic heterocycles. The van der Waals surface area contributed by atoms with Crippen LogP contribution in [0.2, 0.25) is 0 Å². The SMILES string of the molecule is C#C[C@H]1CC[C@H](Cn2c(C(=O)C3CCOCC3)nc3nc(C(=N)NC(=O)O)nc(N[C@H](C)C4CCC4)c32)CC1. The summed E-state index contributed by atoms with van der Waals surface area (Å²) < 4.78 is 7.46. The highest BCUT2D eigenvalue weighted by molar-refractivity contribution is 6.04. The molecule has 3 fully saturated rings. The van der Waals surface area contributed by atoms with E-state index in [0.717, 1.165) is 38.5 Å². The molecule has 5 rings (SSSR count). The number of carboxylic acid groups (broad SMARTS) is 1. The van der Waals surface area contributed by atoms with Gasteiger partial charge in [-0.25, -0.2) is 19.7 Å². The van der Waals surface area contributed by atoms with Gasteiger partial charge < -0.3 is 19.7 Å². The van der Waals surface area contributed by atoms with Crippen LogP contribution in [0.3, 0.4) is 0 Å². The summed E-state index contributed by atoms with van der Waals surface area (Å²) in [6.07, 6.45) is 12.9. The quantitative estimate of drug-likeness (QED) is 0.171. The monoisotopic (exact) mass is 535 g/mol. The zero-order chi connectivity index (χ0) is 27.5. The Morgan fingerprint density at radius 2 is 1.85 bits per heavy atom. The molecule has 208 valence electrons. The van der Waals surface area contributed by atoms with E-state index < -0.39 is 11.9 Å². The Bertz CT molecular complexity index is 1280. The number of ketones is 1. The third-order valence-corrected chi connectivity index (χ3v) is 8.62. The molecule has 0 unspecified atom stereocenters. The van der Waals surface area contributed by atoms with Crippen LogP contribution in [-0.2, 0) is 11.3 Å². The van der Waals surface area contributed by atoms with Crippen LogP contribution in [-0.4, -0.2) is 61.6 Å². The maximum Gasteiger partial charge on any atom is 0.410 e. The van der Waals surface area contributed by atoms with Gasteiger partial charge in [0.05, 0.1) is 0 Å². The molecule has 39 heavy (non-hydrogen) atoms. The molecule has 2 aliphatic carbocycles. The molecule has 3 heterocycles. The van der Waals surface area contributed by atoms with Gasteiger partial charge in [-0.2, -0.15) is 0 Å². The van der Waals surface area contributed by atoms with Crippen molar-refractivity contribution < 1.29 is 19.4 Å². The molecule has 3 aliphatic rings. The molecule has 0 aromatic carbocycles. The average molecular weight is 536 g/mol. The normalized spacial score (nSPS) is 23.0. The maximum atomic E-state index is 13.8. The maximum absolute atomic E-state index is 13.8. The van der Waals surface area contributed by atoms with Gasteiger partial charge in [0.25, 0.3) is 0 Å². The molecule has 1 saturated heterocycles. The fourth-order valence-electron chi connectivity index (χ4n) is 5.96. The molecule has 1 atom stereocenters. The first kappa shape index (κ1) is 27.1. The summed E-state index contributed by atoms with van der Waals surface area (Å²) >= 11 is 0. The van der Waals surface area contributed by atoms with Crippen molar-refractivity contribution >= 4 is 34.7 Å². The zero-order valence-corrected chi connectivity index (χ0v) is 22.4. The molecular weight excluding hydrogens is 498 g/mol. The van der Waals surface area contributed by atoms with E-state index in [-0.39, 0.29) is 29.2 Å². The highest BCUT2D eigenvalue weighted by Gasteiger charge is 2.32. The van der Waals surface area contributed by atoms with Gasteiger partial charge in [-0.1, -0.05) is 6.42 Å². The van der Waals surface area contributed by atoms with Gasteiger partial charge in [0.15, 0.2) is 28.9 Å². The highest BCUT2D eigenvalue weighted by atomic mass is 16.5. The number of ether oxygens (including phenoxy) is 1. The summed E-state index contributed by atoms with van der Waals surface area (Å²) in [6.45, 7) is 3.78. The minimum atomic E-state index is -1.37. The molecule has 2 aromatic rings. The predicted molar refractivity (Wildman–Crippen MR) is 146 cm³/mol. The van der Waals surface area contributed by atoms with Crippen LogP contribution in [0.25, 0.3) is 11.2 Å². The second kappa shape index (κ2) is 11.7. The van der Waals surface area contributed by atoms with Crippen LogP contribution < -0.4 is 10.6 Å². The van der Waals surface area contributed by atoms with Crippen molar-refractivity contribution in [2.24, 2.45) is 23.7 Å². The first-order chi connectivity index (χ1) is 18.8. The summed E-state index contributed by atoms with van der Waals surface area (Å²) in [7, 11) is 0. The van der Waals surface area contributed by atoms with Crippen molar-refractivity contribution in [2.75, 3.05) is 18.5 Å². The first-order valence-corrected chi connectivity index (χ1v) is 14.1. The third kappa shape index (κ3) is 5.91. The van der Waals surface area contributed by atoms with E-state index in [0.29, 0.717) is 67.5 Å². The number of nitrogens with zero attached hydrogens (tertiary/aromatic N) is 4. The number of carbonyl (C=O) groups is 2. The number of hydrogen-bond donors (Lipinski definition) is 4. The number of hydrogen-bond acceptors (Lipinski definition) is 8. The molecule has 1 amide bonds. The second-order valence-corrected chi connectivity index (χ2v) is 11.2. The largest absolute Gasteiger partial charge is 0.465 e. The number of carbonyl (C=O) groups excluding carboxylic acids is 1. The Labute approximate surface area is 228 Å². The highest BCUT2D eigenvalue weighted by Crippen LogP contribution is 2.35. The number of amidine groups is 1. The van der Waals surface area contributed by atoms with E-state index in [4.69, 9.17) is 26.7 Å². The van der Waals surface area contributed by atoms with E-state index in [1.165, 1.54) is 6.42 Å². The fourth-order valence-corrected chi connectivity index (χ4v) is 5.96. The smallest absolute Gasteiger partial charge is 0.410 e. The van der Waals surface area contributed by atoms with E-state index in [2.05, 4.69) is 28.1 Å². The van der Waals surface area contributed by atoms with Gasteiger partial charge in [-0.05, 0) is 70.1 Å². The summed E-state index contributed by atoms with van der Waals surface area (Å²) in [6, 6.07) is 0.107. The van der Waals surface area contributed by atoms with Crippen molar-refractivity contribution in [1.82, 2.24) is 24.8 Å². The van der Waals surface area contributed by atoms with Crippen molar-refractivity contribution in [3.63, 3.8) is 0 Å². The predicted octanol–water partition coefficient (Wildman–Crippen LogP) is 4.07. The van der Waals surface area contributed by atoms with Gasteiger partial charge in [-0.3, -0.25) is 15.5 Å². The number of fused-ring (bicyclic) bond motifs is 1. The van der Waals surface area contributed by atoms with Crippen LogP contribution >= 0.6 is 0 Å². The van der Waals surface area contributed by atoms with E-state index in [9.17, 15) is 9.59 Å². The Balaban J connectivity index is 1.59. The van der Waals surface area contributed by atoms with Gasteiger partial charge in [0.1, 0.15) is 5.52 Å². The lowest BCUT2D eigenvalue weighted by atomic mass is 9.80. The van der Waals surface area contributed by atoms with Crippen LogP contribution in [0, 0.1) is 41.4 Å². The lowest BCUT2D eigenvalue weighted by molar-refractivity contribution is 0.0534. The molecule has 11 heteroatoms. The minimum absolute atomic E-state index is 0.0353. The summed E-state index contributed by atoms with van der Waals surface area (Å²) in [5, 5.41) is 22.9. The van der Waals surface area contributed by atoms with Crippen molar-refractivity contribution in [1.29, 1.82) is 5.41 Å². The molecular formula is C28H37N7O4. The van der Waals surface area contributed by atoms with E-state index in [1.807, 2.05) is 9.88 Å². The number of Topliss-reactive ketones (excluding diaryl/α,β-unsaturated/α-hetero) is 1. The van der Waals surface area contributed by atoms with Crippen molar-refractivity contribution in [3.8, 4) is 12.3 Å². The van der Waals surface area contributed by atoms with Crippen LogP contribution in [0.4, 0.5) is 10.6 Å². The minimum Gasteiger partial charge on any atom is -0.465 e.